The van der Waals surface area contributed by atoms with Gasteiger partial charge in [-0.1, -0.05) is 30.3 Å². The van der Waals surface area contributed by atoms with E-state index in [4.69, 9.17) is 4.74 Å². The van der Waals surface area contributed by atoms with E-state index in [2.05, 4.69) is 22.4 Å². The molecule has 2 N–H and O–H groups in total. The number of hydrogen-bond donors (Lipinski definition) is 2. The molecule has 4 nitrogen and oxygen atoms in total. The third kappa shape index (κ3) is 3.12. The number of carbonyl (C=O) groups excluding carboxylic acids is 1. The molecular formula is C21H22N2O2. The lowest BCUT2D eigenvalue weighted by atomic mass is 9.85. The van der Waals surface area contributed by atoms with Crippen molar-refractivity contribution >= 4 is 16.8 Å². The normalized spacial score (nSPS) is 16.4. The van der Waals surface area contributed by atoms with Crippen LogP contribution in [0.25, 0.3) is 10.9 Å². The first-order valence-corrected chi connectivity index (χ1v) is 8.73. The summed E-state index contributed by atoms with van der Waals surface area (Å²) in [6, 6.07) is 16.1. The van der Waals surface area contributed by atoms with E-state index in [-0.39, 0.29) is 11.8 Å². The van der Waals surface area contributed by atoms with Crippen molar-refractivity contribution in [2.75, 3.05) is 7.11 Å². The number of amides is 1. The van der Waals surface area contributed by atoms with Gasteiger partial charge in [0.1, 0.15) is 5.75 Å². The largest absolute Gasteiger partial charge is 0.497 e. The number of ether oxygens (including phenoxy) is 1. The number of hydrogen-bond acceptors (Lipinski definition) is 2. The third-order valence-electron chi connectivity index (χ3n) is 5.08. The average molecular weight is 334 g/mol. The van der Waals surface area contributed by atoms with Crippen LogP contribution in [0.15, 0.2) is 48.5 Å². The molecule has 1 aromatic heterocycles. The first-order chi connectivity index (χ1) is 12.2. The zero-order chi connectivity index (χ0) is 17.2. The molecule has 128 valence electrons. The molecule has 0 spiro atoms. The van der Waals surface area contributed by atoms with Crippen LogP contribution in [0.5, 0.6) is 5.75 Å². The zero-order valence-corrected chi connectivity index (χ0v) is 14.3. The highest BCUT2D eigenvalue weighted by molar-refractivity contribution is 5.88. The molecule has 25 heavy (non-hydrogen) atoms. The van der Waals surface area contributed by atoms with Crippen LogP contribution >= 0.6 is 0 Å². The minimum absolute atomic E-state index is 0.0291. The van der Waals surface area contributed by atoms with Gasteiger partial charge in [0.05, 0.1) is 7.11 Å². The number of aryl methyl sites for hydroxylation is 1. The highest BCUT2D eigenvalue weighted by Crippen LogP contribution is 2.33. The molecule has 0 fully saturated rings. The number of nitrogens with one attached hydrogen (secondary N) is 2. The molecule has 0 saturated carbocycles. The van der Waals surface area contributed by atoms with Crippen molar-refractivity contribution in [3.8, 4) is 5.75 Å². The molecule has 0 radical (unpaired) electrons. The lowest BCUT2D eigenvalue weighted by molar-refractivity contribution is -0.125. The highest BCUT2D eigenvalue weighted by Gasteiger charge is 2.27. The van der Waals surface area contributed by atoms with Gasteiger partial charge in [-0.15, -0.1) is 0 Å². The van der Waals surface area contributed by atoms with Gasteiger partial charge in [0, 0.05) is 29.1 Å². The lowest BCUT2D eigenvalue weighted by Crippen LogP contribution is -2.33. The number of benzene rings is 2. The standard InChI is InChI=1S/C21H22N2O2/c1-25-16-8-10-20-18(12-16)17-11-15(7-9-19(17)23-20)21(24)22-13-14-5-3-2-4-6-14/h2-6,8,10,12,15,23H,7,9,11,13H2,1H3,(H,22,24). The van der Waals surface area contributed by atoms with Gasteiger partial charge in [-0.25, -0.2) is 0 Å². The number of fused-ring (bicyclic) bond motifs is 3. The van der Waals surface area contributed by atoms with Gasteiger partial charge in [0.25, 0.3) is 0 Å². The fourth-order valence-corrected chi connectivity index (χ4v) is 3.68. The van der Waals surface area contributed by atoms with Crippen molar-refractivity contribution in [2.24, 2.45) is 5.92 Å². The average Bonchev–Trinajstić information content (AvgIpc) is 3.03. The molecule has 1 atom stereocenters. The summed E-state index contributed by atoms with van der Waals surface area (Å²) >= 11 is 0. The van der Waals surface area contributed by atoms with Gasteiger partial charge >= 0.3 is 0 Å². The summed E-state index contributed by atoms with van der Waals surface area (Å²) in [7, 11) is 1.68. The minimum atomic E-state index is 0.0291. The monoisotopic (exact) mass is 334 g/mol. The molecule has 4 heteroatoms. The van der Waals surface area contributed by atoms with Gasteiger partial charge in [-0.2, -0.15) is 0 Å². The molecule has 4 rings (SSSR count). The SMILES string of the molecule is COc1ccc2[nH]c3c(c2c1)CC(C(=O)NCc1ccccc1)CC3. The number of aromatic amines is 1. The van der Waals surface area contributed by atoms with Gasteiger partial charge in [0.15, 0.2) is 0 Å². The molecule has 0 aliphatic heterocycles. The maximum Gasteiger partial charge on any atom is 0.223 e. The highest BCUT2D eigenvalue weighted by atomic mass is 16.5. The van der Waals surface area contributed by atoms with Crippen molar-refractivity contribution in [2.45, 2.75) is 25.8 Å². The summed E-state index contributed by atoms with van der Waals surface area (Å²) in [5.74, 6) is 1.03. The molecular weight excluding hydrogens is 312 g/mol. The van der Waals surface area contributed by atoms with E-state index in [9.17, 15) is 4.79 Å². The number of aromatic nitrogens is 1. The van der Waals surface area contributed by atoms with Crippen molar-refractivity contribution < 1.29 is 9.53 Å². The van der Waals surface area contributed by atoms with E-state index in [1.165, 1.54) is 16.6 Å². The molecule has 0 saturated heterocycles. The predicted octanol–water partition coefficient (Wildman–Crippen LogP) is 3.60. The van der Waals surface area contributed by atoms with Crippen molar-refractivity contribution in [3.05, 3.63) is 65.4 Å². The molecule has 1 aliphatic carbocycles. The fourth-order valence-electron chi connectivity index (χ4n) is 3.68. The molecule has 1 amide bonds. The van der Waals surface area contributed by atoms with Crippen LogP contribution in [-0.4, -0.2) is 18.0 Å². The number of rotatable bonds is 4. The quantitative estimate of drug-likeness (QED) is 0.766. The van der Waals surface area contributed by atoms with E-state index in [0.29, 0.717) is 6.54 Å². The zero-order valence-electron chi connectivity index (χ0n) is 14.3. The summed E-state index contributed by atoms with van der Waals surface area (Å²) in [6.07, 6.45) is 2.58. The second kappa shape index (κ2) is 6.63. The second-order valence-electron chi connectivity index (χ2n) is 6.64. The molecule has 1 heterocycles. The number of H-pyrrole nitrogens is 1. The second-order valence-corrected chi connectivity index (χ2v) is 6.64. The van der Waals surface area contributed by atoms with Gasteiger partial charge in [-0.05, 0) is 48.6 Å². The molecule has 3 aromatic rings. The Kier molecular flexibility index (Phi) is 4.18. The van der Waals surface area contributed by atoms with Gasteiger partial charge in [-0.3, -0.25) is 4.79 Å². The van der Waals surface area contributed by atoms with Crippen LogP contribution in [0.2, 0.25) is 0 Å². The Hall–Kier alpha value is -2.75. The number of carbonyl (C=O) groups is 1. The summed E-state index contributed by atoms with van der Waals surface area (Å²) in [4.78, 5) is 16.1. The van der Waals surface area contributed by atoms with E-state index >= 15 is 0 Å². The maximum atomic E-state index is 12.6. The summed E-state index contributed by atoms with van der Waals surface area (Å²) in [5, 5.41) is 4.26. The minimum Gasteiger partial charge on any atom is -0.497 e. The Morgan fingerprint density at radius 2 is 2.08 bits per heavy atom. The summed E-state index contributed by atoms with van der Waals surface area (Å²) in [5.41, 5.74) is 4.77. The predicted molar refractivity (Wildman–Crippen MR) is 98.7 cm³/mol. The van der Waals surface area contributed by atoms with Crippen molar-refractivity contribution in [1.29, 1.82) is 0 Å². The van der Waals surface area contributed by atoms with Crippen LogP contribution in [0.4, 0.5) is 0 Å². The van der Waals surface area contributed by atoms with Gasteiger partial charge < -0.3 is 15.0 Å². The molecule has 2 aromatic carbocycles. The lowest BCUT2D eigenvalue weighted by Gasteiger charge is -2.22. The Morgan fingerprint density at radius 3 is 2.88 bits per heavy atom. The first kappa shape index (κ1) is 15.8. The summed E-state index contributed by atoms with van der Waals surface area (Å²) < 4.78 is 5.35. The van der Waals surface area contributed by atoms with E-state index in [0.717, 1.165) is 36.1 Å². The van der Waals surface area contributed by atoms with Crippen molar-refractivity contribution in [1.82, 2.24) is 10.3 Å². The Bertz CT molecular complexity index is 899. The smallest absolute Gasteiger partial charge is 0.223 e. The van der Waals surface area contributed by atoms with Gasteiger partial charge in [0.2, 0.25) is 5.91 Å². The van der Waals surface area contributed by atoms with Crippen LogP contribution in [-0.2, 0) is 24.2 Å². The molecule has 1 aliphatic rings. The van der Waals surface area contributed by atoms with E-state index < -0.39 is 0 Å². The summed E-state index contributed by atoms with van der Waals surface area (Å²) in [6.45, 7) is 0.588. The topological polar surface area (TPSA) is 54.1 Å². The third-order valence-corrected chi connectivity index (χ3v) is 5.08. The van der Waals surface area contributed by atoms with Crippen LogP contribution in [0.1, 0.15) is 23.2 Å². The van der Waals surface area contributed by atoms with Crippen molar-refractivity contribution in [3.63, 3.8) is 0 Å². The van der Waals surface area contributed by atoms with Crippen LogP contribution < -0.4 is 10.1 Å². The van der Waals surface area contributed by atoms with E-state index in [1.807, 2.05) is 36.4 Å². The maximum absolute atomic E-state index is 12.6. The van der Waals surface area contributed by atoms with Crippen LogP contribution in [0.3, 0.4) is 0 Å². The Labute approximate surface area is 147 Å². The Balaban J connectivity index is 1.50. The molecule has 1 unspecified atom stereocenters. The Morgan fingerprint density at radius 1 is 1.24 bits per heavy atom. The first-order valence-electron chi connectivity index (χ1n) is 8.73. The van der Waals surface area contributed by atoms with E-state index in [1.54, 1.807) is 7.11 Å². The van der Waals surface area contributed by atoms with Crippen LogP contribution in [0, 0.1) is 5.92 Å². The fraction of sp³-hybridized carbons (Fsp3) is 0.286. The molecule has 0 bridgehead atoms. The number of methoxy groups -OCH3 is 1.